The van der Waals surface area contributed by atoms with Crippen molar-refractivity contribution in [3.8, 4) is 5.75 Å². The Labute approximate surface area is 86.1 Å². The van der Waals surface area contributed by atoms with E-state index in [1.165, 1.54) is 5.56 Å². The zero-order valence-electron chi connectivity index (χ0n) is 8.99. The fourth-order valence-electron chi connectivity index (χ4n) is 1.42. The number of hydrogen-bond donors (Lipinski definition) is 1. The molecular weight excluding hydrogens is 174 g/mol. The van der Waals surface area contributed by atoms with Crippen molar-refractivity contribution in [2.75, 3.05) is 7.11 Å². The Morgan fingerprint density at radius 3 is 2.43 bits per heavy atom. The van der Waals surface area contributed by atoms with Gasteiger partial charge in [0.2, 0.25) is 0 Å². The lowest BCUT2D eigenvalue weighted by atomic mass is 10.1. The molecule has 1 aromatic rings. The van der Waals surface area contributed by atoms with E-state index >= 15 is 0 Å². The van der Waals surface area contributed by atoms with Gasteiger partial charge >= 0.3 is 0 Å². The number of aryl methyl sites for hydroxylation is 1. The van der Waals surface area contributed by atoms with Crippen LogP contribution < -0.4 is 10.5 Å². The molecule has 0 amide bonds. The Morgan fingerprint density at radius 1 is 1.29 bits per heavy atom. The first-order chi connectivity index (χ1) is 6.72. The molecule has 78 valence electrons. The van der Waals surface area contributed by atoms with Crippen LogP contribution in [0.3, 0.4) is 0 Å². The Hall–Kier alpha value is -1.02. The minimum atomic E-state index is 0.313. The van der Waals surface area contributed by atoms with Crippen molar-refractivity contribution in [2.24, 2.45) is 5.73 Å². The van der Waals surface area contributed by atoms with Crippen molar-refractivity contribution < 1.29 is 4.74 Å². The van der Waals surface area contributed by atoms with Gasteiger partial charge in [-0.25, -0.2) is 0 Å². The van der Waals surface area contributed by atoms with Gasteiger partial charge in [-0.3, -0.25) is 0 Å². The monoisotopic (exact) mass is 193 g/mol. The summed E-state index contributed by atoms with van der Waals surface area (Å²) in [5.41, 5.74) is 7.04. The van der Waals surface area contributed by atoms with Crippen molar-refractivity contribution in [1.29, 1.82) is 0 Å². The van der Waals surface area contributed by atoms with E-state index in [-0.39, 0.29) is 0 Å². The highest BCUT2D eigenvalue weighted by Gasteiger charge is 1.97. The normalized spacial score (nSPS) is 12.5. The summed E-state index contributed by atoms with van der Waals surface area (Å²) in [4.78, 5) is 0. The molecule has 0 fully saturated rings. The minimum absolute atomic E-state index is 0.313. The number of benzene rings is 1. The second-order valence-electron chi connectivity index (χ2n) is 3.72. The highest BCUT2D eigenvalue weighted by molar-refractivity contribution is 5.27. The zero-order chi connectivity index (χ0) is 10.4. The molecule has 0 aliphatic carbocycles. The first kappa shape index (κ1) is 11.1. The van der Waals surface area contributed by atoms with Crippen LogP contribution in [-0.4, -0.2) is 13.2 Å². The largest absolute Gasteiger partial charge is 0.497 e. The predicted octanol–water partition coefficient (Wildman–Crippen LogP) is 2.37. The number of hydrogen-bond acceptors (Lipinski definition) is 2. The third kappa shape index (κ3) is 3.79. The summed E-state index contributed by atoms with van der Waals surface area (Å²) in [6.45, 7) is 2.05. The van der Waals surface area contributed by atoms with Crippen LogP contribution in [-0.2, 0) is 6.42 Å². The molecular formula is C12H19NO. The van der Waals surface area contributed by atoms with Crippen LogP contribution in [0.25, 0.3) is 0 Å². The Balaban J connectivity index is 2.36. The molecule has 14 heavy (non-hydrogen) atoms. The molecule has 0 heterocycles. The van der Waals surface area contributed by atoms with Crippen molar-refractivity contribution >= 4 is 0 Å². The third-order valence-corrected chi connectivity index (χ3v) is 2.28. The third-order valence-electron chi connectivity index (χ3n) is 2.28. The Bertz CT molecular complexity index is 254. The van der Waals surface area contributed by atoms with Gasteiger partial charge in [0.15, 0.2) is 0 Å². The Morgan fingerprint density at radius 2 is 1.93 bits per heavy atom. The molecule has 0 aliphatic rings. The Kier molecular flexibility index (Phi) is 4.47. The lowest BCUT2D eigenvalue weighted by molar-refractivity contribution is 0.414. The molecule has 0 bridgehead atoms. The zero-order valence-corrected chi connectivity index (χ0v) is 8.99. The number of methoxy groups -OCH3 is 1. The molecule has 0 spiro atoms. The summed E-state index contributed by atoms with van der Waals surface area (Å²) in [5, 5.41) is 0. The van der Waals surface area contributed by atoms with E-state index in [1.54, 1.807) is 7.11 Å². The summed E-state index contributed by atoms with van der Waals surface area (Å²) in [5.74, 6) is 0.918. The van der Waals surface area contributed by atoms with Crippen molar-refractivity contribution in [3.05, 3.63) is 29.8 Å². The summed E-state index contributed by atoms with van der Waals surface area (Å²) in [6, 6.07) is 8.54. The van der Waals surface area contributed by atoms with Crippen LogP contribution in [0.2, 0.25) is 0 Å². The molecule has 1 atom stereocenters. The maximum absolute atomic E-state index is 5.68. The van der Waals surface area contributed by atoms with Crippen LogP contribution in [0.4, 0.5) is 0 Å². The molecule has 2 N–H and O–H groups in total. The fraction of sp³-hybridized carbons (Fsp3) is 0.500. The van der Waals surface area contributed by atoms with Crippen LogP contribution in [0, 0.1) is 0 Å². The van der Waals surface area contributed by atoms with E-state index in [1.807, 2.05) is 19.1 Å². The molecule has 0 radical (unpaired) electrons. The predicted molar refractivity (Wildman–Crippen MR) is 59.6 cm³/mol. The highest BCUT2D eigenvalue weighted by atomic mass is 16.5. The molecule has 1 aromatic carbocycles. The quantitative estimate of drug-likeness (QED) is 0.779. The van der Waals surface area contributed by atoms with Crippen LogP contribution >= 0.6 is 0 Å². The highest BCUT2D eigenvalue weighted by Crippen LogP contribution is 2.13. The molecule has 2 nitrogen and oxygen atoms in total. The van der Waals surface area contributed by atoms with E-state index in [9.17, 15) is 0 Å². The van der Waals surface area contributed by atoms with Gasteiger partial charge in [-0.05, 0) is 43.9 Å². The summed E-state index contributed by atoms with van der Waals surface area (Å²) in [7, 11) is 1.69. The number of nitrogens with two attached hydrogens (primary N) is 1. The average molecular weight is 193 g/mol. The standard InChI is InChI=1S/C12H19NO/c1-10(13)4-3-5-11-6-8-12(14-2)9-7-11/h6-10H,3-5,13H2,1-2H3/t10-/m1/s1. The van der Waals surface area contributed by atoms with Crippen molar-refractivity contribution in [3.63, 3.8) is 0 Å². The summed E-state index contributed by atoms with van der Waals surface area (Å²) < 4.78 is 5.09. The van der Waals surface area contributed by atoms with Gasteiger partial charge in [0.25, 0.3) is 0 Å². The van der Waals surface area contributed by atoms with Crippen LogP contribution in [0.15, 0.2) is 24.3 Å². The molecule has 0 unspecified atom stereocenters. The van der Waals surface area contributed by atoms with Gasteiger partial charge in [0, 0.05) is 6.04 Å². The maximum Gasteiger partial charge on any atom is 0.118 e. The summed E-state index contributed by atoms with van der Waals surface area (Å²) >= 11 is 0. The lowest BCUT2D eigenvalue weighted by Gasteiger charge is -2.05. The second kappa shape index (κ2) is 5.66. The maximum atomic E-state index is 5.68. The number of ether oxygens (including phenoxy) is 1. The first-order valence-electron chi connectivity index (χ1n) is 5.11. The van der Waals surface area contributed by atoms with Gasteiger partial charge in [-0.1, -0.05) is 12.1 Å². The second-order valence-corrected chi connectivity index (χ2v) is 3.72. The van der Waals surface area contributed by atoms with Gasteiger partial charge in [-0.2, -0.15) is 0 Å². The average Bonchev–Trinajstić information content (AvgIpc) is 2.18. The van der Waals surface area contributed by atoms with Crippen molar-refractivity contribution in [1.82, 2.24) is 0 Å². The van der Waals surface area contributed by atoms with Crippen LogP contribution in [0.5, 0.6) is 5.75 Å². The molecule has 2 heteroatoms. The molecule has 0 aliphatic heterocycles. The first-order valence-corrected chi connectivity index (χ1v) is 5.11. The van der Waals surface area contributed by atoms with E-state index in [0.717, 1.165) is 25.0 Å². The molecule has 0 aromatic heterocycles. The minimum Gasteiger partial charge on any atom is -0.497 e. The topological polar surface area (TPSA) is 35.2 Å². The van der Waals surface area contributed by atoms with E-state index in [0.29, 0.717) is 6.04 Å². The van der Waals surface area contributed by atoms with Gasteiger partial charge < -0.3 is 10.5 Å². The van der Waals surface area contributed by atoms with Gasteiger partial charge in [0.1, 0.15) is 5.75 Å². The van der Waals surface area contributed by atoms with Gasteiger partial charge in [-0.15, -0.1) is 0 Å². The van der Waals surface area contributed by atoms with E-state index in [4.69, 9.17) is 10.5 Å². The smallest absolute Gasteiger partial charge is 0.118 e. The van der Waals surface area contributed by atoms with Gasteiger partial charge in [0.05, 0.1) is 7.11 Å². The molecule has 1 rings (SSSR count). The lowest BCUT2D eigenvalue weighted by Crippen LogP contribution is -2.14. The van der Waals surface area contributed by atoms with E-state index < -0.39 is 0 Å². The summed E-state index contributed by atoms with van der Waals surface area (Å²) in [6.07, 6.45) is 3.35. The van der Waals surface area contributed by atoms with Crippen molar-refractivity contribution in [2.45, 2.75) is 32.2 Å². The van der Waals surface area contributed by atoms with E-state index in [2.05, 4.69) is 12.1 Å². The fourth-order valence-corrected chi connectivity index (χ4v) is 1.42. The van der Waals surface area contributed by atoms with Crippen LogP contribution in [0.1, 0.15) is 25.3 Å². The molecule has 0 saturated heterocycles. The number of rotatable bonds is 5. The molecule has 0 saturated carbocycles. The SMILES string of the molecule is COc1ccc(CCC[C@@H](C)N)cc1.